The average molecular weight is 356 g/mol. The first-order valence-electron chi connectivity index (χ1n) is 8.73. The SMILES string of the molecule is COc1ccc([C@H](c2ccncc2)C2CCN(C(=O)O)CC2)cc1OC. The van der Waals surface area contributed by atoms with E-state index in [1.807, 2.05) is 24.3 Å². The van der Waals surface area contributed by atoms with Crippen molar-refractivity contribution in [1.82, 2.24) is 9.88 Å². The fourth-order valence-corrected chi connectivity index (χ4v) is 3.78. The largest absolute Gasteiger partial charge is 0.493 e. The number of pyridine rings is 1. The fourth-order valence-electron chi connectivity index (χ4n) is 3.78. The van der Waals surface area contributed by atoms with Gasteiger partial charge in [0.25, 0.3) is 0 Å². The van der Waals surface area contributed by atoms with E-state index in [1.54, 1.807) is 26.6 Å². The van der Waals surface area contributed by atoms with Crippen LogP contribution in [-0.2, 0) is 0 Å². The molecule has 2 aromatic rings. The molecule has 6 heteroatoms. The predicted octanol–water partition coefficient (Wildman–Crippen LogP) is 3.62. The zero-order chi connectivity index (χ0) is 18.5. The summed E-state index contributed by atoms with van der Waals surface area (Å²) in [5.41, 5.74) is 2.32. The molecule has 1 aliphatic rings. The van der Waals surface area contributed by atoms with Gasteiger partial charge in [-0.2, -0.15) is 0 Å². The molecule has 1 N–H and O–H groups in total. The number of likely N-dealkylation sites (tertiary alicyclic amines) is 1. The van der Waals surface area contributed by atoms with Crippen molar-refractivity contribution < 1.29 is 19.4 Å². The highest BCUT2D eigenvalue weighted by molar-refractivity contribution is 5.65. The topological polar surface area (TPSA) is 71.9 Å². The van der Waals surface area contributed by atoms with E-state index in [4.69, 9.17) is 9.47 Å². The molecule has 1 atom stereocenters. The lowest BCUT2D eigenvalue weighted by atomic mass is 9.76. The summed E-state index contributed by atoms with van der Waals surface area (Å²) in [5.74, 6) is 1.91. The number of aromatic nitrogens is 1. The quantitative estimate of drug-likeness (QED) is 0.886. The number of benzene rings is 1. The van der Waals surface area contributed by atoms with Gasteiger partial charge in [-0.15, -0.1) is 0 Å². The number of methoxy groups -OCH3 is 2. The van der Waals surface area contributed by atoms with E-state index in [-0.39, 0.29) is 5.92 Å². The Morgan fingerprint density at radius 3 is 2.31 bits per heavy atom. The van der Waals surface area contributed by atoms with Gasteiger partial charge in [0, 0.05) is 31.4 Å². The van der Waals surface area contributed by atoms with Crippen LogP contribution in [0.5, 0.6) is 11.5 Å². The van der Waals surface area contributed by atoms with E-state index in [1.165, 1.54) is 10.5 Å². The second kappa shape index (κ2) is 8.08. The number of ether oxygens (including phenoxy) is 2. The highest BCUT2D eigenvalue weighted by Gasteiger charge is 2.31. The third kappa shape index (κ3) is 3.74. The molecular formula is C20H24N2O4. The number of rotatable bonds is 5. The normalized spacial score (nSPS) is 16.2. The minimum absolute atomic E-state index is 0.161. The Morgan fingerprint density at radius 1 is 1.08 bits per heavy atom. The van der Waals surface area contributed by atoms with Gasteiger partial charge < -0.3 is 19.5 Å². The maximum Gasteiger partial charge on any atom is 0.407 e. The lowest BCUT2D eigenvalue weighted by molar-refractivity contribution is 0.122. The number of hydrogen-bond donors (Lipinski definition) is 1. The standard InChI is InChI=1S/C20H24N2O4/c1-25-17-4-3-16(13-18(17)26-2)19(14-5-9-21-10-6-14)15-7-11-22(12-8-15)20(23)24/h3-6,9-10,13,15,19H,7-8,11-12H2,1-2H3,(H,23,24)/t19-/m1/s1. The number of carbonyl (C=O) groups is 1. The van der Waals surface area contributed by atoms with Crippen LogP contribution < -0.4 is 9.47 Å². The molecule has 2 heterocycles. The van der Waals surface area contributed by atoms with Gasteiger partial charge in [0.15, 0.2) is 11.5 Å². The van der Waals surface area contributed by atoms with Crippen LogP contribution in [0.25, 0.3) is 0 Å². The van der Waals surface area contributed by atoms with Gasteiger partial charge >= 0.3 is 6.09 Å². The van der Waals surface area contributed by atoms with Crippen LogP contribution in [0.1, 0.15) is 29.9 Å². The maximum absolute atomic E-state index is 11.2. The van der Waals surface area contributed by atoms with Gasteiger partial charge in [-0.3, -0.25) is 4.98 Å². The van der Waals surface area contributed by atoms with Crippen LogP contribution in [-0.4, -0.2) is 48.4 Å². The van der Waals surface area contributed by atoms with Crippen molar-refractivity contribution in [2.45, 2.75) is 18.8 Å². The van der Waals surface area contributed by atoms with Crippen molar-refractivity contribution in [2.75, 3.05) is 27.3 Å². The fraction of sp³-hybridized carbons (Fsp3) is 0.400. The molecular weight excluding hydrogens is 332 g/mol. The summed E-state index contributed by atoms with van der Waals surface area (Å²) in [7, 11) is 3.26. The van der Waals surface area contributed by atoms with E-state index in [0.29, 0.717) is 30.5 Å². The first kappa shape index (κ1) is 18.0. The van der Waals surface area contributed by atoms with Gasteiger partial charge in [0.05, 0.1) is 14.2 Å². The summed E-state index contributed by atoms with van der Waals surface area (Å²) >= 11 is 0. The lowest BCUT2D eigenvalue weighted by Crippen LogP contribution is -2.39. The van der Waals surface area contributed by atoms with Gasteiger partial charge in [-0.25, -0.2) is 4.79 Å². The summed E-state index contributed by atoms with van der Waals surface area (Å²) in [4.78, 5) is 16.8. The van der Waals surface area contributed by atoms with E-state index in [2.05, 4.69) is 11.1 Å². The van der Waals surface area contributed by atoms with Crippen LogP contribution in [0.2, 0.25) is 0 Å². The monoisotopic (exact) mass is 356 g/mol. The van der Waals surface area contributed by atoms with Crippen LogP contribution in [0, 0.1) is 5.92 Å². The number of nitrogens with zero attached hydrogens (tertiary/aromatic N) is 2. The molecule has 0 saturated carbocycles. The second-order valence-electron chi connectivity index (χ2n) is 6.48. The molecule has 3 rings (SSSR count). The van der Waals surface area contributed by atoms with E-state index >= 15 is 0 Å². The minimum atomic E-state index is -0.838. The smallest absolute Gasteiger partial charge is 0.407 e. The first-order chi connectivity index (χ1) is 12.6. The molecule has 0 spiro atoms. The van der Waals surface area contributed by atoms with Gasteiger partial charge in [0.2, 0.25) is 0 Å². The van der Waals surface area contributed by atoms with E-state index < -0.39 is 6.09 Å². The maximum atomic E-state index is 11.2. The summed E-state index contributed by atoms with van der Waals surface area (Å²) in [6.07, 6.45) is 4.42. The molecule has 138 valence electrons. The van der Waals surface area contributed by atoms with Gasteiger partial charge in [-0.05, 0) is 54.2 Å². The Morgan fingerprint density at radius 2 is 1.73 bits per heavy atom. The number of piperidine rings is 1. The molecule has 0 aliphatic carbocycles. The van der Waals surface area contributed by atoms with Crippen molar-refractivity contribution in [3.05, 3.63) is 53.9 Å². The molecule has 1 amide bonds. The van der Waals surface area contributed by atoms with Crippen molar-refractivity contribution in [3.8, 4) is 11.5 Å². The zero-order valence-corrected chi connectivity index (χ0v) is 15.1. The Kier molecular flexibility index (Phi) is 5.61. The molecule has 1 aromatic heterocycles. The van der Waals surface area contributed by atoms with Crippen molar-refractivity contribution in [2.24, 2.45) is 5.92 Å². The molecule has 1 fully saturated rings. The third-order valence-corrected chi connectivity index (χ3v) is 5.11. The molecule has 1 saturated heterocycles. The molecule has 26 heavy (non-hydrogen) atoms. The first-order valence-corrected chi connectivity index (χ1v) is 8.73. The molecule has 6 nitrogen and oxygen atoms in total. The van der Waals surface area contributed by atoms with Crippen molar-refractivity contribution in [3.63, 3.8) is 0 Å². The highest BCUT2D eigenvalue weighted by Crippen LogP contribution is 2.40. The molecule has 0 bridgehead atoms. The molecule has 0 radical (unpaired) electrons. The molecule has 0 unspecified atom stereocenters. The van der Waals surface area contributed by atoms with Crippen molar-refractivity contribution in [1.29, 1.82) is 0 Å². The van der Waals surface area contributed by atoms with Gasteiger partial charge in [0.1, 0.15) is 0 Å². The molecule has 1 aromatic carbocycles. The van der Waals surface area contributed by atoms with Crippen LogP contribution in [0.15, 0.2) is 42.7 Å². The Labute approximate surface area is 153 Å². The van der Waals surface area contributed by atoms with E-state index in [0.717, 1.165) is 18.4 Å². The average Bonchev–Trinajstić information content (AvgIpc) is 2.69. The second-order valence-corrected chi connectivity index (χ2v) is 6.48. The van der Waals surface area contributed by atoms with Crippen LogP contribution in [0.3, 0.4) is 0 Å². The van der Waals surface area contributed by atoms with Crippen LogP contribution in [0.4, 0.5) is 4.79 Å². The van der Waals surface area contributed by atoms with Gasteiger partial charge in [-0.1, -0.05) is 6.07 Å². The van der Waals surface area contributed by atoms with Crippen LogP contribution >= 0.6 is 0 Å². The highest BCUT2D eigenvalue weighted by atomic mass is 16.5. The zero-order valence-electron chi connectivity index (χ0n) is 15.1. The van der Waals surface area contributed by atoms with Crippen molar-refractivity contribution >= 4 is 6.09 Å². The van der Waals surface area contributed by atoms with E-state index in [9.17, 15) is 9.90 Å². The summed E-state index contributed by atoms with van der Waals surface area (Å²) < 4.78 is 10.8. The Balaban J connectivity index is 1.94. The summed E-state index contributed by atoms with van der Waals surface area (Å²) in [6.45, 7) is 1.13. The number of amides is 1. The minimum Gasteiger partial charge on any atom is -0.493 e. The summed E-state index contributed by atoms with van der Waals surface area (Å²) in [6, 6.07) is 10.1. The Bertz CT molecular complexity index is 743. The number of carboxylic acid groups (broad SMARTS) is 1. The summed E-state index contributed by atoms with van der Waals surface area (Å²) in [5, 5.41) is 9.21. The predicted molar refractivity (Wildman–Crippen MR) is 97.9 cm³/mol. The molecule has 1 aliphatic heterocycles. The third-order valence-electron chi connectivity index (χ3n) is 5.11. The Hall–Kier alpha value is -2.76. The lowest BCUT2D eigenvalue weighted by Gasteiger charge is -2.35. The number of hydrogen-bond acceptors (Lipinski definition) is 4.